The summed E-state index contributed by atoms with van der Waals surface area (Å²) in [7, 11) is 0. The average Bonchev–Trinajstić information content (AvgIpc) is 2.90. The van der Waals surface area contributed by atoms with Gasteiger partial charge in [-0.2, -0.15) is 4.99 Å². The average molecular weight is 306 g/mol. The summed E-state index contributed by atoms with van der Waals surface area (Å²) in [5, 5.41) is 0.675. The summed E-state index contributed by atoms with van der Waals surface area (Å²) < 4.78 is 0. The van der Waals surface area contributed by atoms with Crippen LogP contribution in [0.4, 0.5) is 10.5 Å². The minimum absolute atomic E-state index is 0.173. The number of likely N-dealkylation sites (tertiary alicyclic amines) is 1. The monoisotopic (exact) mass is 305 g/mol. The van der Waals surface area contributed by atoms with Crippen LogP contribution in [-0.4, -0.2) is 35.9 Å². The van der Waals surface area contributed by atoms with Crippen LogP contribution in [0.15, 0.2) is 29.3 Å². The van der Waals surface area contributed by atoms with Crippen molar-refractivity contribution in [2.45, 2.75) is 38.6 Å². The number of urea groups is 1. The lowest BCUT2D eigenvalue weighted by Crippen LogP contribution is -2.45. The van der Waals surface area contributed by atoms with E-state index in [0.29, 0.717) is 17.6 Å². The van der Waals surface area contributed by atoms with Gasteiger partial charge in [0.1, 0.15) is 5.84 Å². The molecule has 0 bridgehead atoms. The number of hydrogen-bond acceptors (Lipinski definition) is 2. The van der Waals surface area contributed by atoms with Gasteiger partial charge >= 0.3 is 6.03 Å². The molecule has 0 aromatic heterocycles. The Hall–Kier alpha value is -1.55. The zero-order chi connectivity index (χ0) is 14.8. The van der Waals surface area contributed by atoms with Crippen molar-refractivity contribution in [3.8, 4) is 0 Å². The quantitative estimate of drug-likeness (QED) is 0.829. The van der Waals surface area contributed by atoms with Crippen molar-refractivity contribution in [1.29, 1.82) is 0 Å². The number of carbonyl (C=O) groups is 1. The maximum absolute atomic E-state index is 12.2. The standard InChI is InChI=1S/C16H20ClN3O/c1-2-13-5-3-4-10-19(13)15-11-20(16(21)18-15)14-8-6-12(17)7-9-14/h6-9,13H,2-5,10-11H2,1H3. The first kappa shape index (κ1) is 14.4. The molecule has 2 aliphatic heterocycles. The molecule has 0 saturated carbocycles. The Bertz CT molecular complexity index is 555. The molecule has 0 radical (unpaired) electrons. The van der Waals surface area contributed by atoms with Crippen molar-refractivity contribution >= 4 is 29.2 Å². The van der Waals surface area contributed by atoms with E-state index in [2.05, 4.69) is 16.8 Å². The Morgan fingerprint density at radius 1 is 1.29 bits per heavy atom. The topological polar surface area (TPSA) is 35.9 Å². The number of amidine groups is 1. The van der Waals surface area contributed by atoms with Crippen molar-refractivity contribution in [3.63, 3.8) is 0 Å². The fraction of sp³-hybridized carbons (Fsp3) is 0.500. The minimum atomic E-state index is -0.173. The smallest absolute Gasteiger partial charge is 0.350 e. The van der Waals surface area contributed by atoms with E-state index in [1.165, 1.54) is 19.3 Å². The Labute approximate surface area is 130 Å². The van der Waals surface area contributed by atoms with Crippen LogP contribution in [-0.2, 0) is 0 Å². The van der Waals surface area contributed by atoms with E-state index in [4.69, 9.17) is 11.6 Å². The van der Waals surface area contributed by atoms with Crippen LogP contribution < -0.4 is 4.90 Å². The van der Waals surface area contributed by atoms with Crippen LogP contribution in [0.2, 0.25) is 5.02 Å². The predicted octanol–water partition coefficient (Wildman–Crippen LogP) is 3.94. The van der Waals surface area contributed by atoms with E-state index in [9.17, 15) is 4.79 Å². The fourth-order valence-electron chi connectivity index (χ4n) is 3.16. The molecule has 1 saturated heterocycles. The van der Waals surface area contributed by atoms with E-state index in [1.807, 2.05) is 12.1 Å². The Kier molecular flexibility index (Phi) is 4.15. The summed E-state index contributed by atoms with van der Waals surface area (Å²) in [6.07, 6.45) is 4.76. The highest BCUT2D eigenvalue weighted by molar-refractivity contribution is 6.30. The van der Waals surface area contributed by atoms with Gasteiger partial charge in [-0.25, -0.2) is 4.79 Å². The van der Waals surface area contributed by atoms with E-state index in [1.54, 1.807) is 17.0 Å². The van der Waals surface area contributed by atoms with Gasteiger partial charge in [0.05, 0.1) is 6.54 Å². The minimum Gasteiger partial charge on any atom is -0.355 e. The van der Waals surface area contributed by atoms with Crippen molar-refractivity contribution in [3.05, 3.63) is 29.3 Å². The van der Waals surface area contributed by atoms with Crippen molar-refractivity contribution in [2.75, 3.05) is 18.0 Å². The molecule has 2 aliphatic rings. The highest BCUT2D eigenvalue weighted by Crippen LogP contribution is 2.25. The number of hydrogen-bond donors (Lipinski definition) is 0. The number of rotatable bonds is 2. The van der Waals surface area contributed by atoms with E-state index in [0.717, 1.165) is 24.5 Å². The Morgan fingerprint density at radius 2 is 2.05 bits per heavy atom. The first-order valence-corrected chi connectivity index (χ1v) is 7.98. The zero-order valence-corrected chi connectivity index (χ0v) is 13.0. The van der Waals surface area contributed by atoms with Gasteiger partial charge in [-0.05, 0) is 49.9 Å². The van der Waals surface area contributed by atoms with Crippen LogP contribution in [0.1, 0.15) is 32.6 Å². The van der Waals surface area contributed by atoms with Crippen molar-refractivity contribution in [1.82, 2.24) is 4.90 Å². The second-order valence-corrected chi connectivity index (χ2v) is 6.06. The molecule has 0 aliphatic carbocycles. The third kappa shape index (κ3) is 2.91. The second-order valence-electron chi connectivity index (χ2n) is 5.62. The molecular weight excluding hydrogens is 286 g/mol. The molecule has 3 rings (SSSR count). The second kappa shape index (κ2) is 6.06. The van der Waals surface area contributed by atoms with Gasteiger partial charge in [0.2, 0.25) is 0 Å². The lowest BCUT2D eigenvalue weighted by atomic mass is 10.00. The van der Waals surface area contributed by atoms with Crippen LogP contribution in [0, 0.1) is 0 Å². The van der Waals surface area contributed by atoms with Gasteiger partial charge in [-0.15, -0.1) is 0 Å². The molecule has 2 amide bonds. The van der Waals surface area contributed by atoms with E-state index < -0.39 is 0 Å². The number of nitrogens with zero attached hydrogens (tertiary/aromatic N) is 3. The van der Waals surface area contributed by atoms with Gasteiger partial charge in [0.25, 0.3) is 0 Å². The fourth-order valence-corrected chi connectivity index (χ4v) is 3.28. The first-order valence-electron chi connectivity index (χ1n) is 7.60. The summed E-state index contributed by atoms with van der Waals surface area (Å²) in [6.45, 7) is 3.79. The lowest BCUT2D eigenvalue weighted by molar-refractivity contribution is 0.234. The summed E-state index contributed by atoms with van der Waals surface area (Å²) in [4.78, 5) is 20.5. The maximum atomic E-state index is 12.2. The zero-order valence-electron chi connectivity index (χ0n) is 12.3. The number of aliphatic imine (C=N–C) groups is 1. The number of amides is 2. The number of benzene rings is 1. The largest absolute Gasteiger partial charge is 0.355 e. The predicted molar refractivity (Wildman–Crippen MR) is 86.3 cm³/mol. The van der Waals surface area contributed by atoms with E-state index >= 15 is 0 Å². The van der Waals surface area contributed by atoms with Crippen LogP contribution in [0.3, 0.4) is 0 Å². The van der Waals surface area contributed by atoms with Crippen LogP contribution in [0.5, 0.6) is 0 Å². The van der Waals surface area contributed by atoms with Crippen LogP contribution >= 0.6 is 11.6 Å². The summed E-state index contributed by atoms with van der Waals surface area (Å²) in [5.74, 6) is 0.918. The van der Waals surface area contributed by atoms with Gasteiger partial charge in [-0.3, -0.25) is 4.90 Å². The van der Waals surface area contributed by atoms with E-state index in [-0.39, 0.29) is 6.03 Å². The maximum Gasteiger partial charge on any atom is 0.350 e. The molecule has 1 aromatic rings. The third-order valence-corrected chi connectivity index (χ3v) is 4.58. The molecule has 0 spiro atoms. The molecule has 112 valence electrons. The van der Waals surface area contributed by atoms with Crippen molar-refractivity contribution in [2.24, 2.45) is 4.99 Å². The van der Waals surface area contributed by atoms with Gasteiger partial charge in [0.15, 0.2) is 0 Å². The molecular formula is C16H20ClN3O. The normalized spacial score (nSPS) is 22.7. The molecule has 1 fully saturated rings. The van der Waals surface area contributed by atoms with Crippen LogP contribution in [0.25, 0.3) is 0 Å². The molecule has 21 heavy (non-hydrogen) atoms. The number of halogens is 1. The molecule has 4 nitrogen and oxygen atoms in total. The molecule has 0 N–H and O–H groups in total. The third-order valence-electron chi connectivity index (χ3n) is 4.32. The Balaban J connectivity index is 1.76. The molecule has 1 unspecified atom stereocenters. The molecule has 1 aromatic carbocycles. The Morgan fingerprint density at radius 3 is 2.76 bits per heavy atom. The van der Waals surface area contributed by atoms with Gasteiger partial charge in [-0.1, -0.05) is 18.5 Å². The number of anilines is 1. The van der Waals surface area contributed by atoms with Gasteiger partial charge in [0, 0.05) is 23.3 Å². The number of carbonyl (C=O) groups excluding carboxylic acids is 1. The van der Waals surface area contributed by atoms with Crippen molar-refractivity contribution < 1.29 is 4.79 Å². The highest BCUT2D eigenvalue weighted by Gasteiger charge is 2.32. The molecule has 5 heteroatoms. The number of piperidine rings is 1. The first-order chi connectivity index (χ1) is 10.2. The molecule has 1 atom stereocenters. The summed E-state index contributed by atoms with van der Waals surface area (Å²) >= 11 is 5.90. The SMILES string of the molecule is CCC1CCCCN1C1=NC(=O)N(c2ccc(Cl)cc2)C1. The summed E-state index contributed by atoms with van der Waals surface area (Å²) in [5.41, 5.74) is 0.855. The lowest BCUT2D eigenvalue weighted by Gasteiger charge is -2.36. The van der Waals surface area contributed by atoms with Gasteiger partial charge < -0.3 is 4.90 Å². The molecule has 2 heterocycles. The highest BCUT2D eigenvalue weighted by atomic mass is 35.5. The summed E-state index contributed by atoms with van der Waals surface area (Å²) in [6, 6.07) is 7.69.